The van der Waals surface area contributed by atoms with Gasteiger partial charge in [0.2, 0.25) is 0 Å². The number of nitrogens with zero attached hydrogens (tertiary/aromatic N) is 5. The highest BCUT2D eigenvalue weighted by Crippen LogP contribution is 2.37. The third kappa shape index (κ3) is 4.67. The molecule has 3 aromatic heterocycles. The van der Waals surface area contributed by atoms with Crippen molar-refractivity contribution in [2.24, 2.45) is 0 Å². The number of anilines is 4. The van der Waals surface area contributed by atoms with Crippen molar-refractivity contribution in [2.45, 2.75) is 26.2 Å². The van der Waals surface area contributed by atoms with Crippen LogP contribution in [0.4, 0.5) is 21.9 Å². The molecule has 1 aliphatic heterocycles. The number of aryl methyl sites for hydroxylation is 1. The van der Waals surface area contributed by atoms with Crippen molar-refractivity contribution in [1.82, 2.24) is 25.3 Å². The van der Waals surface area contributed by atoms with Gasteiger partial charge in [-0.1, -0.05) is 35.7 Å². The number of nitrogens with two attached hydrogens (primary N) is 1. The molecule has 0 amide bonds. The zero-order valence-electron chi connectivity index (χ0n) is 18.1. The largest absolute Gasteiger partial charge is 0.375 e. The van der Waals surface area contributed by atoms with E-state index >= 15 is 0 Å². The molecule has 32 heavy (non-hydrogen) atoms. The van der Waals surface area contributed by atoms with Gasteiger partial charge in [-0.3, -0.25) is 0 Å². The van der Waals surface area contributed by atoms with Crippen LogP contribution in [0.3, 0.4) is 0 Å². The second-order valence-corrected chi connectivity index (χ2v) is 10.2. The van der Waals surface area contributed by atoms with Crippen molar-refractivity contribution in [3.8, 4) is 0 Å². The minimum absolute atomic E-state index is 0.382. The van der Waals surface area contributed by atoms with Crippen LogP contribution in [0, 0.1) is 6.92 Å². The summed E-state index contributed by atoms with van der Waals surface area (Å²) < 4.78 is 0. The number of rotatable bonds is 5. The van der Waals surface area contributed by atoms with Gasteiger partial charge in [0.25, 0.3) is 0 Å². The molecule has 4 heterocycles. The average Bonchev–Trinajstić information content (AvgIpc) is 3.38. The van der Waals surface area contributed by atoms with Gasteiger partial charge in [0, 0.05) is 49.2 Å². The quantitative estimate of drug-likeness (QED) is 0.518. The molecule has 1 unspecified atom stereocenters. The molecular formula is C22H26N8S2. The molecule has 0 radical (unpaired) electrons. The topological polar surface area (TPSA) is 105 Å². The van der Waals surface area contributed by atoms with Gasteiger partial charge in [-0.15, -0.1) is 0 Å². The van der Waals surface area contributed by atoms with Gasteiger partial charge in [-0.2, -0.15) is 0 Å². The Morgan fingerprint density at radius 1 is 1.19 bits per heavy atom. The Labute approximate surface area is 195 Å². The van der Waals surface area contributed by atoms with Crippen molar-refractivity contribution in [3.63, 3.8) is 0 Å². The second kappa shape index (κ2) is 8.97. The highest BCUT2D eigenvalue weighted by Gasteiger charge is 2.20. The van der Waals surface area contributed by atoms with Gasteiger partial charge < -0.3 is 21.3 Å². The number of piperazine rings is 1. The maximum atomic E-state index is 5.89. The monoisotopic (exact) mass is 466 g/mol. The Morgan fingerprint density at radius 3 is 2.88 bits per heavy atom. The first-order valence-corrected chi connectivity index (χ1v) is 12.4. The lowest BCUT2D eigenvalue weighted by Crippen LogP contribution is -2.44. The van der Waals surface area contributed by atoms with Gasteiger partial charge in [-0.05, 0) is 31.1 Å². The summed E-state index contributed by atoms with van der Waals surface area (Å²) in [4.78, 5) is 22.7. The Balaban J connectivity index is 1.28. The number of hydrogen-bond acceptors (Lipinski definition) is 10. The first-order chi connectivity index (χ1) is 15.5. The third-order valence-electron chi connectivity index (χ3n) is 5.51. The van der Waals surface area contributed by atoms with Crippen LogP contribution in [0.5, 0.6) is 0 Å². The first kappa shape index (κ1) is 21.0. The van der Waals surface area contributed by atoms with E-state index in [2.05, 4.69) is 60.6 Å². The van der Waals surface area contributed by atoms with Crippen LogP contribution in [-0.4, -0.2) is 46.1 Å². The summed E-state index contributed by atoms with van der Waals surface area (Å²) in [5.74, 6) is 2.86. The number of nitrogens with one attached hydrogen (secondary N) is 2. The van der Waals surface area contributed by atoms with Crippen molar-refractivity contribution < 1.29 is 0 Å². The molecule has 1 saturated heterocycles. The van der Waals surface area contributed by atoms with Crippen LogP contribution in [-0.2, 0) is 0 Å². The van der Waals surface area contributed by atoms with E-state index < -0.39 is 0 Å². The predicted molar refractivity (Wildman–Crippen MR) is 134 cm³/mol. The molecule has 4 N–H and O–H groups in total. The number of hydrogen-bond donors (Lipinski definition) is 3. The van der Waals surface area contributed by atoms with E-state index in [1.54, 1.807) is 22.7 Å². The fourth-order valence-electron chi connectivity index (χ4n) is 4.00. The van der Waals surface area contributed by atoms with E-state index in [4.69, 9.17) is 5.73 Å². The van der Waals surface area contributed by atoms with Gasteiger partial charge in [-0.25, -0.2) is 19.9 Å². The Hall–Kier alpha value is -2.82. The number of aromatic nitrogens is 4. The summed E-state index contributed by atoms with van der Waals surface area (Å²) >= 11 is 3.16. The lowest BCUT2D eigenvalue weighted by Gasteiger charge is -2.28. The minimum Gasteiger partial charge on any atom is -0.375 e. The fraction of sp³-hybridized carbons (Fsp3) is 0.364. The zero-order chi connectivity index (χ0) is 22.1. The summed E-state index contributed by atoms with van der Waals surface area (Å²) in [6.07, 6.45) is 9.34. The lowest BCUT2D eigenvalue weighted by atomic mass is 9.91. The fourth-order valence-corrected chi connectivity index (χ4v) is 5.66. The number of allylic oxidation sites excluding steroid dienone is 2. The number of fused-ring (bicyclic) bond motifs is 1. The molecule has 2 aliphatic rings. The van der Waals surface area contributed by atoms with E-state index in [0.717, 1.165) is 65.8 Å². The molecule has 0 bridgehead atoms. The molecule has 8 nitrogen and oxygen atoms in total. The maximum absolute atomic E-state index is 5.89. The SMILES string of the molecule is Cc1nc(Nc2ncc(/C=C/C3=Cc4sc(N)nc4C(C)C3)s2)cc(N2CCNCC2)n1. The van der Waals surface area contributed by atoms with Crippen molar-refractivity contribution in [2.75, 3.05) is 42.1 Å². The van der Waals surface area contributed by atoms with Crippen molar-refractivity contribution in [3.05, 3.63) is 45.2 Å². The smallest absolute Gasteiger partial charge is 0.188 e. The normalized spacial score (nSPS) is 18.6. The Morgan fingerprint density at radius 2 is 2.03 bits per heavy atom. The highest BCUT2D eigenvalue weighted by molar-refractivity contribution is 7.16. The van der Waals surface area contributed by atoms with Gasteiger partial charge in [0.1, 0.15) is 17.5 Å². The number of thiazole rings is 2. The molecule has 1 aliphatic carbocycles. The molecular weight excluding hydrogens is 440 g/mol. The Kier molecular flexibility index (Phi) is 5.90. The van der Waals surface area contributed by atoms with Crippen molar-refractivity contribution >= 4 is 56.7 Å². The van der Waals surface area contributed by atoms with Gasteiger partial charge >= 0.3 is 0 Å². The van der Waals surface area contributed by atoms with E-state index in [-0.39, 0.29) is 0 Å². The highest BCUT2D eigenvalue weighted by atomic mass is 32.1. The van der Waals surface area contributed by atoms with Crippen LogP contribution in [0.15, 0.2) is 23.9 Å². The molecule has 0 saturated carbocycles. The van der Waals surface area contributed by atoms with Crippen LogP contribution in [0.1, 0.15) is 40.5 Å². The maximum Gasteiger partial charge on any atom is 0.188 e. The van der Waals surface area contributed by atoms with Crippen LogP contribution >= 0.6 is 22.7 Å². The van der Waals surface area contributed by atoms with E-state index in [1.807, 2.05) is 19.2 Å². The molecule has 10 heteroatoms. The second-order valence-electron chi connectivity index (χ2n) is 8.05. The molecule has 0 spiro atoms. The Bertz CT molecular complexity index is 1170. The van der Waals surface area contributed by atoms with Gasteiger partial charge in [0.05, 0.1) is 10.6 Å². The summed E-state index contributed by atoms with van der Waals surface area (Å²) in [6, 6.07) is 2.00. The molecule has 1 fully saturated rings. The summed E-state index contributed by atoms with van der Waals surface area (Å²) in [6.45, 7) is 7.97. The van der Waals surface area contributed by atoms with E-state index in [0.29, 0.717) is 11.0 Å². The zero-order valence-corrected chi connectivity index (χ0v) is 19.8. The molecule has 1 atom stereocenters. The number of nitrogen functional groups attached to an aromatic ring is 1. The minimum atomic E-state index is 0.382. The van der Waals surface area contributed by atoms with Crippen LogP contribution in [0.25, 0.3) is 12.2 Å². The molecule has 166 valence electrons. The van der Waals surface area contributed by atoms with E-state index in [1.165, 1.54) is 10.5 Å². The lowest BCUT2D eigenvalue weighted by molar-refractivity contribution is 0.584. The molecule has 3 aromatic rings. The van der Waals surface area contributed by atoms with Crippen molar-refractivity contribution in [1.29, 1.82) is 0 Å². The molecule has 5 rings (SSSR count). The van der Waals surface area contributed by atoms with Crippen LogP contribution < -0.4 is 21.3 Å². The summed E-state index contributed by atoms with van der Waals surface area (Å²) in [7, 11) is 0. The third-order valence-corrected chi connectivity index (χ3v) is 7.23. The summed E-state index contributed by atoms with van der Waals surface area (Å²) in [5.41, 5.74) is 8.29. The molecule has 0 aromatic carbocycles. The van der Waals surface area contributed by atoms with E-state index in [9.17, 15) is 0 Å². The predicted octanol–water partition coefficient (Wildman–Crippen LogP) is 4.04. The van der Waals surface area contributed by atoms with Crippen LogP contribution in [0.2, 0.25) is 0 Å². The standard InChI is InChI=1S/C22H26N8S2/c1-13-9-15(10-17-20(13)29-21(23)32-17)3-4-16-12-25-22(31-16)28-18-11-19(27-14(2)26-18)30-7-5-24-6-8-30/h3-4,10-13,24H,5-9H2,1-2H3,(H2,23,29)(H,25,26,27,28)/b4-3+. The first-order valence-electron chi connectivity index (χ1n) is 10.7. The average molecular weight is 467 g/mol. The summed E-state index contributed by atoms with van der Waals surface area (Å²) in [5, 5.41) is 8.18. The van der Waals surface area contributed by atoms with Gasteiger partial charge in [0.15, 0.2) is 10.3 Å².